The molecule has 2 aromatic carbocycles. The van der Waals surface area contributed by atoms with Crippen molar-refractivity contribution >= 4 is 17.5 Å². The zero-order valence-electron chi connectivity index (χ0n) is 13.9. The van der Waals surface area contributed by atoms with Gasteiger partial charge in [0.15, 0.2) is 0 Å². The molecule has 0 saturated carbocycles. The van der Waals surface area contributed by atoms with Crippen LogP contribution in [0.1, 0.15) is 5.56 Å². The molecule has 0 unspecified atom stereocenters. The highest BCUT2D eigenvalue weighted by Crippen LogP contribution is 2.27. The zero-order chi connectivity index (χ0) is 16.8. The minimum atomic E-state index is 0.690. The Morgan fingerprint density at radius 3 is 2.21 bits per heavy atom. The molecule has 0 atom stereocenters. The number of hydrogen-bond acceptors (Lipinski definition) is 5. The fraction of sp³-hybridized carbons (Fsp3) is 0.316. The first-order chi connectivity index (χ1) is 11.7. The van der Waals surface area contributed by atoms with Crippen molar-refractivity contribution < 1.29 is 5.21 Å². The van der Waals surface area contributed by atoms with Gasteiger partial charge in [-0.15, -0.1) is 0 Å². The van der Waals surface area contributed by atoms with Crippen molar-refractivity contribution in [2.24, 2.45) is 5.16 Å². The lowest BCUT2D eigenvalue weighted by Crippen LogP contribution is -2.46. The molecule has 24 heavy (non-hydrogen) atoms. The van der Waals surface area contributed by atoms with Gasteiger partial charge in [-0.05, 0) is 31.3 Å². The SMILES string of the molecule is CN1CCN(C/C(=N/O)c2ccc(Sc3ccccc3)cc2)CC1. The summed E-state index contributed by atoms with van der Waals surface area (Å²) < 4.78 is 0. The molecule has 4 nitrogen and oxygen atoms in total. The van der Waals surface area contributed by atoms with Crippen molar-refractivity contribution in [1.29, 1.82) is 0 Å². The first kappa shape index (κ1) is 17.0. The van der Waals surface area contributed by atoms with Crippen molar-refractivity contribution in [3.63, 3.8) is 0 Å². The summed E-state index contributed by atoms with van der Waals surface area (Å²) in [6.45, 7) is 4.83. The minimum absolute atomic E-state index is 0.690. The van der Waals surface area contributed by atoms with Crippen molar-refractivity contribution in [3.8, 4) is 0 Å². The second-order valence-electron chi connectivity index (χ2n) is 6.07. The number of hydrogen-bond donors (Lipinski definition) is 1. The molecule has 0 radical (unpaired) electrons. The van der Waals surface area contributed by atoms with E-state index in [2.05, 4.69) is 46.3 Å². The Balaban J connectivity index is 1.63. The van der Waals surface area contributed by atoms with E-state index in [4.69, 9.17) is 0 Å². The normalized spacial score (nSPS) is 17.1. The molecule has 0 bridgehead atoms. The first-order valence-corrected chi connectivity index (χ1v) is 9.01. The van der Waals surface area contributed by atoms with Gasteiger partial charge in [-0.3, -0.25) is 4.90 Å². The maximum Gasteiger partial charge on any atom is 0.101 e. The van der Waals surface area contributed by atoms with Gasteiger partial charge >= 0.3 is 0 Å². The monoisotopic (exact) mass is 341 g/mol. The Labute approximate surface area is 147 Å². The minimum Gasteiger partial charge on any atom is -0.411 e. The lowest BCUT2D eigenvalue weighted by Gasteiger charge is -2.32. The van der Waals surface area contributed by atoms with E-state index in [0.717, 1.165) is 37.5 Å². The second kappa shape index (κ2) is 8.33. The van der Waals surface area contributed by atoms with Gasteiger partial charge in [-0.2, -0.15) is 0 Å². The molecule has 0 spiro atoms. The topological polar surface area (TPSA) is 39.1 Å². The quantitative estimate of drug-likeness (QED) is 0.515. The fourth-order valence-electron chi connectivity index (χ4n) is 2.74. The molecular weight excluding hydrogens is 318 g/mol. The maximum absolute atomic E-state index is 9.41. The molecule has 5 heteroatoms. The molecule has 1 aliphatic heterocycles. The van der Waals surface area contributed by atoms with Crippen molar-refractivity contribution in [3.05, 3.63) is 60.2 Å². The number of oxime groups is 1. The smallest absolute Gasteiger partial charge is 0.101 e. The Kier molecular flexibility index (Phi) is 5.91. The van der Waals surface area contributed by atoms with E-state index in [-0.39, 0.29) is 0 Å². The second-order valence-corrected chi connectivity index (χ2v) is 7.21. The Bertz CT molecular complexity index is 665. The zero-order valence-corrected chi connectivity index (χ0v) is 14.7. The van der Waals surface area contributed by atoms with Gasteiger partial charge in [-0.25, -0.2) is 0 Å². The van der Waals surface area contributed by atoms with Crippen LogP contribution in [0.2, 0.25) is 0 Å². The van der Waals surface area contributed by atoms with Gasteiger partial charge in [0.05, 0.1) is 0 Å². The summed E-state index contributed by atoms with van der Waals surface area (Å²) in [6.07, 6.45) is 0. The summed E-state index contributed by atoms with van der Waals surface area (Å²) in [4.78, 5) is 7.06. The molecule has 3 rings (SSSR count). The summed E-state index contributed by atoms with van der Waals surface area (Å²) in [5.41, 5.74) is 1.71. The number of nitrogens with zero attached hydrogens (tertiary/aromatic N) is 3. The molecule has 0 aliphatic carbocycles. The van der Waals surface area contributed by atoms with E-state index < -0.39 is 0 Å². The van der Waals surface area contributed by atoms with Crippen LogP contribution in [0.15, 0.2) is 69.5 Å². The molecule has 1 heterocycles. The van der Waals surface area contributed by atoms with Crippen LogP contribution in [-0.4, -0.2) is 60.5 Å². The molecule has 1 fully saturated rings. The van der Waals surface area contributed by atoms with E-state index in [1.54, 1.807) is 11.8 Å². The fourth-order valence-corrected chi connectivity index (χ4v) is 3.58. The van der Waals surface area contributed by atoms with Crippen LogP contribution in [0, 0.1) is 0 Å². The van der Waals surface area contributed by atoms with Crippen molar-refractivity contribution in [2.75, 3.05) is 39.8 Å². The van der Waals surface area contributed by atoms with Crippen LogP contribution < -0.4 is 0 Å². The molecule has 1 aliphatic rings. The predicted molar refractivity (Wildman–Crippen MR) is 99.3 cm³/mol. The molecule has 126 valence electrons. The van der Waals surface area contributed by atoms with Crippen LogP contribution in [0.25, 0.3) is 0 Å². The molecule has 1 saturated heterocycles. The Morgan fingerprint density at radius 1 is 0.958 bits per heavy atom. The van der Waals surface area contributed by atoms with Gasteiger partial charge in [-0.1, -0.05) is 47.2 Å². The number of benzene rings is 2. The van der Waals surface area contributed by atoms with Gasteiger partial charge in [0, 0.05) is 48.1 Å². The number of piperazine rings is 1. The molecule has 0 aromatic heterocycles. The average molecular weight is 341 g/mol. The third-order valence-corrected chi connectivity index (χ3v) is 5.27. The van der Waals surface area contributed by atoms with E-state index in [0.29, 0.717) is 6.54 Å². The van der Waals surface area contributed by atoms with Crippen LogP contribution in [0.5, 0.6) is 0 Å². The van der Waals surface area contributed by atoms with Crippen LogP contribution in [0.4, 0.5) is 0 Å². The average Bonchev–Trinajstić information content (AvgIpc) is 2.63. The van der Waals surface area contributed by atoms with Gasteiger partial charge < -0.3 is 10.1 Å². The van der Waals surface area contributed by atoms with Gasteiger partial charge in [0.1, 0.15) is 5.71 Å². The summed E-state index contributed by atoms with van der Waals surface area (Å²) in [6, 6.07) is 18.6. The predicted octanol–water partition coefficient (Wildman–Crippen LogP) is 3.26. The molecule has 1 N–H and O–H groups in total. The third kappa shape index (κ3) is 4.60. The van der Waals surface area contributed by atoms with Crippen LogP contribution in [0.3, 0.4) is 0 Å². The first-order valence-electron chi connectivity index (χ1n) is 8.20. The summed E-state index contributed by atoms with van der Waals surface area (Å²) in [7, 11) is 2.14. The molecule has 0 amide bonds. The maximum atomic E-state index is 9.41. The highest BCUT2D eigenvalue weighted by molar-refractivity contribution is 7.99. The van der Waals surface area contributed by atoms with E-state index in [1.807, 2.05) is 30.3 Å². The Morgan fingerprint density at radius 2 is 1.58 bits per heavy atom. The third-order valence-electron chi connectivity index (χ3n) is 4.26. The number of likely N-dealkylation sites (N-methyl/N-ethyl adjacent to an activating group) is 1. The molecule has 2 aromatic rings. The largest absolute Gasteiger partial charge is 0.411 e. The van der Waals surface area contributed by atoms with Gasteiger partial charge in [0.2, 0.25) is 0 Å². The summed E-state index contributed by atoms with van der Waals surface area (Å²) in [5.74, 6) is 0. The Hall–Kier alpha value is -1.82. The highest BCUT2D eigenvalue weighted by atomic mass is 32.2. The van der Waals surface area contributed by atoms with Crippen LogP contribution in [-0.2, 0) is 0 Å². The van der Waals surface area contributed by atoms with E-state index >= 15 is 0 Å². The summed E-state index contributed by atoms with van der Waals surface area (Å²) >= 11 is 1.73. The summed E-state index contributed by atoms with van der Waals surface area (Å²) in [5, 5.41) is 13.0. The van der Waals surface area contributed by atoms with Gasteiger partial charge in [0.25, 0.3) is 0 Å². The highest BCUT2D eigenvalue weighted by Gasteiger charge is 2.16. The van der Waals surface area contributed by atoms with Crippen molar-refractivity contribution in [1.82, 2.24) is 9.80 Å². The standard InChI is InChI=1S/C19H23N3OS/c1-21-11-13-22(14-12-21)15-19(20-23)16-7-9-18(10-8-16)24-17-5-3-2-4-6-17/h2-10,23H,11-15H2,1H3/b20-19-. The van der Waals surface area contributed by atoms with E-state index in [1.165, 1.54) is 9.79 Å². The lowest BCUT2D eigenvalue weighted by molar-refractivity contribution is 0.169. The van der Waals surface area contributed by atoms with E-state index in [9.17, 15) is 5.21 Å². The lowest BCUT2D eigenvalue weighted by atomic mass is 10.1. The van der Waals surface area contributed by atoms with Crippen LogP contribution >= 0.6 is 11.8 Å². The molecular formula is C19H23N3OS. The van der Waals surface area contributed by atoms with Crippen molar-refractivity contribution in [2.45, 2.75) is 9.79 Å². The number of rotatable bonds is 5.